The number of para-hydroxylation sites is 1. The van der Waals surface area contributed by atoms with Crippen LogP contribution in [0.4, 0.5) is 16.2 Å². The highest BCUT2D eigenvalue weighted by Crippen LogP contribution is 2.35. The summed E-state index contributed by atoms with van der Waals surface area (Å²) >= 11 is 0. The highest BCUT2D eigenvalue weighted by atomic mass is 16.5. The van der Waals surface area contributed by atoms with Crippen molar-refractivity contribution >= 4 is 40.1 Å². The molecule has 45 heavy (non-hydrogen) atoms. The molecule has 0 saturated carbocycles. The van der Waals surface area contributed by atoms with Gasteiger partial charge in [-0.3, -0.25) is 9.69 Å². The van der Waals surface area contributed by atoms with Crippen LogP contribution in [0.1, 0.15) is 40.1 Å². The summed E-state index contributed by atoms with van der Waals surface area (Å²) in [5.74, 6) is -1.13. The molecule has 0 unspecified atom stereocenters. The number of urea groups is 1. The van der Waals surface area contributed by atoms with Crippen LogP contribution >= 0.6 is 0 Å². The maximum atomic E-state index is 13.8. The molecule has 3 atom stereocenters. The van der Waals surface area contributed by atoms with Gasteiger partial charge in [-0.1, -0.05) is 61.5 Å². The Hall–Kier alpha value is -4.93. The van der Waals surface area contributed by atoms with Gasteiger partial charge in [0.2, 0.25) is 0 Å². The molecular weight excluding hydrogens is 572 g/mol. The minimum atomic E-state index is -0.975. The van der Waals surface area contributed by atoms with E-state index in [0.29, 0.717) is 36.6 Å². The van der Waals surface area contributed by atoms with Gasteiger partial charge in [0.1, 0.15) is 6.10 Å². The minimum absolute atomic E-state index is 0.134. The number of fused-ring (bicyclic) bond motifs is 2. The molecule has 0 radical (unpaired) electrons. The molecule has 4 aromatic rings. The fourth-order valence-electron chi connectivity index (χ4n) is 5.61. The first-order valence-electron chi connectivity index (χ1n) is 14.9. The van der Waals surface area contributed by atoms with Gasteiger partial charge in [0.05, 0.1) is 35.2 Å². The summed E-state index contributed by atoms with van der Waals surface area (Å²) in [6.07, 6.45) is -0.391. The molecule has 4 aromatic carbocycles. The Labute approximate surface area is 262 Å². The number of aliphatic hydroxyl groups is 1. The number of rotatable bonds is 9. The number of likely N-dealkylation sites (N-methyl/N-ethyl adjacent to an activating group) is 1. The second-order valence-corrected chi connectivity index (χ2v) is 11.6. The van der Waals surface area contributed by atoms with Crippen LogP contribution in [0.3, 0.4) is 0 Å². The molecule has 10 heteroatoms. The van der Waals surface area contributed by atoms with Gasteiger partial charge in [-0.05, 0) is 55.3 Å². The van der Waals surface area contributed by atoms with Crippen LogP contribution in [-0.4, -0.2) is 76.8 Å². The van der Waals surface area contributed by atoms with Gasteiger partial charge in [0.25, 0.3) is 5.91 Å². The third-order valence-electron chi connectivity index (χ3n) is 8.12. The van der Waals surface area contributed by atoms with Crippen molar-refractivity contribution in [2.75, 3.05) is 37.4 Å². The SMILES string of the molecule is C[C@H](CO)N1C[C@H](C)[C@H](CN(C)Cc2ccc(C(=O)O)cc2)Oc2c(NC(=O)Nc3cccc4ccccc34)cccc2C1=O. The fourth-order valence-corrected chi connectivity index (χ4v) is 5.61. The van der Waals surface area contributed by atoms with E-state index in [1.807, 2.05) is 56.4 Å². The molecule has 3 amide bonds. The summed E-state index contributed by atoms with van der Waals surface area (Å²) in [6.45, 7) is 4.99. The van der Waals surface area contributed by atoms with E-state index in [1.165, 1.54) is 0 Å². The lowest BCUT2D eigenvalue weighted by molar-refractivity contribution is 0.0343. The van der Waals surface area contributed by atoms with Gasteiger partial charge in [-0.2, -0.15) is 0 Å². The number of aromatic carboxylic acids is 1. The molecule has 1 aliphatic heterocycles. The normalized spacial score (nSPS) is 17.2. The summed E-state index contributed by atoms with van der Waals surface area (Å²) < 4.78 is 6.62. The van der Waals surface area contributed by atoms with Crippen LogP contribution in [0, 0.1) is 5.92 Å². The molecular formula is C35H38N4O6. The van der Waals surface area contributed by atoms with Gasteiger partial charge >= 0.3 is 12.0 Å². The van der Waals surface area contributed by atoms with Crippen molar-refractivity contribution in [3.8, 4) is 5.75 Å². The number of anilines is 2. The molecule has 10 nitrogen and oxygen atoms in total. The number of carbonyl (C=O) groups excluding carboxylic acids is 2. The Morgan fingerprint density at radius 2 is 1.64 bits per heavy atom. The van der Waals surface area contributed by atoms with Crippen molar-refractivity contribution in [3.05, 3.63) is 102 Å². The number of carboxylic acid groups (broad SMARTS) is 1. The van der Waals surface area contributed by atoms with Gasteiger partial charge in [0, 0.05) is 30.9 Å². The van der Waals surface area contributed by atoms with E-state index in [9.17, 15) is 24.6 Å². The van der Waals surface area contributed by atoms with Crippen LogP contribution in [-0.2, 0) is 6.54 Å². The van der Waals surface area contributed by atoms with E-state index in [2.05, 4.69) is 15.5 Å². The lowest BCUT2D eigenvalue weighted by Crippen LogP contribution is -2.49. The van der Waals surface area contributed by atoms with E-state index in [-0.39, 0.29) is 29.7 Å². The maximum absolute atomic E-state index is 13.8. The highest BCUT2D eigenvalue weighted by Gasteiger charge is 2.34. The Morgan fingerprint density at radius 1 is 0.978 bits per heavy atom. The lowest BCUT2D eigenvalue weighted by Gasteiger charge is -2.38. The van der Waals surface area contributed by atoms with Crippen molar-refractivity contribution in [3.63, 3.8) is 0 Å². The van der Waals surface area contributed by atoms with Crippen molar-refractivity contribution in [2.45, 2.75) is 32.5 Å². The quantitative estimate of drug-likeness (QED) is 0.196. The van der Waals surface area contributed by atoms with Crippen molar-refractivity contribution in [1.29, 1.82) is 0 Å². The van der Waals surface area contributed by atoms with Gasteiger partial charge in [0.15, 0.2) is 5.75 Å². The predicted octanol–water partition coefficient (Wildman–Crippen LogP) is 5.53. The van der Waals surface area contributed by atoms with E-state index in [4.69, 9.17) is 4.74 Å². The number of ether oxygens (including phenoxy) is 1. The minimum Gasteiger partial charge on any atom is -0.486 e. The average Bonchev–Trinajstić information content (AvgIpc) is 3.03. The number of nitrogens with zero attached hydrogens (tertiary/aromatic N) is 2. The summed E-state index contributed by atoms with van der Waals surface area (Å²) in [6, 6.07) is 24.3. The molecule has 0 bridgehead atoms. The van der Waals surface area contributed by atoms with Crippen LogP contribution in [0.5, 0.6) is 5.75 Å². The zero-order valence-corrected chi connectivity index (χ0v) is 25.6. The van der Waals surface area contributed by atoms with Crippen molar-refractivity contribution in [2.24, 2.45) is 5.92 Å². The number of amides is 3. The Bertz CT molecular complexity index is 1690. The van der Waals surface area contributed by atoms with Crippen molar-refractivity contribution in [1.82, 2.24) is 9.80 Å². The first-order valence-corrected chi connectivity index (χ1v) is 14.9. The number of hydrogen-bond acceptors (Lipinski definition) is 6. The second-order valence-electron chi connectivity index (χ2n) is 11.6. The summed E-state index contributed by atoms with van der Waals surface area (Å²) in [5.41, 5.74) is 2.46. The first kappa shape index (κ1) is 31.5. The molecule has 0 saturated heterocycles. The number of aliphatic hydroxyl groups excluding tert-OH is 1. The Morgan fingerprint density at radius 3 is 2.38 bits per heavy atom. The predicted molar refractivity (Wildman–Crippen MR) is 174 cm³/mol. The molecule has 0 fully saturated rings. The van der Waals surface area contributed by atoms with E-state index < -0.39 is 24.1 Å². The Kier molecular flexibility index (Phi) is 9.65. The molecule has 0 aromatic heterocycles. The third kappa shape index (κ3) is 7.25. The van der Waals surface area contributed by atoms with Crippen molar-refractivity contribution < 1.29 is 29.3 Å². The molecule has 1 aliphatic rings. The summed E-state index contributed by atoms with van der Waals surface area (Å²) in [7, 11) is 1.95. The number of carbonyl (C=O) groups is 3. The number of hydrogen-bond donors (Lipinski definition) is 4. The van der Waals surface area contributed by atoms with Gasteiger partial charge < -0.3 is 30.5 Å². The first-order chi connectivity index (χ1) is 21.6. The monoisotopic (exact) mass is 610 g/mol. The topological polar surface area (TPSA) is 131 Å². The maximum Gasteiger partial charge on any atom is 0.335 e. The molecule has 234 valence electrons. The third-order valence-corrected chi connectivity index (χ3v) is 8.12. The van der Waals surface area contributed by atoms with E-state index in [0.717, 1.165) is 16.3 Å². The number of nitrogens with one attached hydrogen (secondary N) is 2. The molecule has 5 rings (SSSR count). The number of carboxylic acids is 1. The standard InChI is InChI=1S/C35H38N4O6/c1-22-18-39(23(2)21-40)33(41)28-11-7-13-30(37-35(44)36-29-12-6-9-25-8-4-5-10-27(25)29)32(28)45-31(22)20-38(3)19-24-14-16-26(17-15-24)34(42)43/h4-17,22-23,31,40H,18-21H2,1-3H3,(H,42,43)(H2,36,37,44)/t22-,23+,31-/m0/s1. The Balaban J connectivity index is 1.42. The zero-order valence-electron chi connectivity index (χ0n) is 25.6. The summed E-state index contributed by atoms with van der Waals surface area (Å²) in [4.78, 5) is 42.1. The highest BCUT2D eigenvalue weighted by molar-refractivity contribution is 6.08. The van der Waals surface area contributed by atoms with Gasteiger partial charge in [-0.15, -0.1) is 0 Å². The fraction of sp³-hybridized carbons (Fsp3) is 0.286. The largest absolute Gasteiger partial charge is 0.486 e. The van der Waals surface area contributed by atoms with E-state index in [1.54, 1.807) is 54.3 Å². The number of benzene rings is 4. The zero-order chi connectivity index (χ0) is 32.1. The molecule has 1 heterocycles. The lowest BCUT2D eigenvalue weighted by atomic mass is 9.98. The van der Waals surface area contributed by atoms with Crippen LogP contribution in [0.15, 0.2) is 84.9 Å². The summed E-state index contributed by atoms with van der Waals surface area (Å²) in [5, 5.41) is 26.9. The average molecular weight is 611 g/mol. The van der Waals surface area contributed by atoms with Crippen LogP contribution < -0.4 is 15.4 Å². The molecule has 0 aliphatic carbocycles. The van der Waals surface area contributed by atoms with Gasteiger partial charge in [-0.25, -0.2) is 9.59 Å². The molecule has 4 N–H and O–H groups in total. The smallest absolute Gasteiger partial charge is 0.335 e. The molecule has 0 spiro atoms. The second kappa shape index (κ2) is 13.8. The van der Waals surface area contributed by atoms with Crippen LogP contribution in [0.25, 0.3) is 10.8 Å². The van der Waals surface area contributed by atoms with E-state index >= 15 is 0 Å². The van der Waals surface area contributed by atoms with Crippen LogP contribution in [0.2, 0.25) is 0 Å².